The fourth-order valence-corrected chi connectivity index (χ4v) is 4.01. The van der Waals surface area contributed by atoms with Crippen LogP contribution in [-0.4, -0.2) is 46.8 Å². The highest BCUT2D eigenvalue weighted by atomic mass is 32.1. The monoisotopic (exact) mass is 471 g/mol. The summed E-state index contributed by atoms with van der Waals surface area (Å²) in [6, 6.07) is 12.5. The summed E-state index contributed by atoms with van der Waals surface area (Å²) >= 11 is 1.00. The van der Waals surface area contributed by atoms with Gasteiger partial charge in [0.1, 0.15) is 17.9 Å². The predicted molar refractivity (Wildman–Crippen MR) is 125 cm³/mol. The Balaban J connectivity index is 1.67. The standard InChI is InChI=1S/C23H25N3O6S/c1-15(2)32-21(28)24-11-13-26(23(30)31-14-16-6-4-3-5-7-16)12-10-17-8-9-18(27)19-20(17)33-22(29)25-19/h3-9,27H,1,10-14H2,2H3,(H,24,28)(H,25,29). The van der Waals surface area contributed by atoms with Gasteiger partial charge in [-0.3, -0.25) is 4.79 Å². The van der Waals surface area contributed by atoms with Gasteiger partial charge in [0, 0.05) is 19.6 Å². The maximum absolute atomic E-state index is 12.8. The van der Waals surface area contributed by atoms with Gasteiger partial charge in [-0.25, -0.2) is 9.59 Å². The van der Waals surface area contributed by atoms with Crippen molar-refractivity contribution < 1.29 is 24.2 Å². The van der Waals surface area contributed by atoms with Gasteiger partial charge < -0.3 is 29.8 Å². The molecule has 3 N–H and O–H groups in total. The number of phenolic OH excluding ortho intramolecular Hbond substituents is 1. The number of aromatic hydroxyl groups is 1. The molecule has 0 radical (unpaired) electrons. The van der Waals surface area contributed by atoms with Crippen LogP contribution in [0, 0.1) is 0 Å². The zero-order valence-corrected chi connectivity index (χ0v) is 18.9. The molecule has 9 nitrogen and oxygen atoms in total. The summed E-state index contributed by atoms with van der Waals surface area (Å²) < 4.78 is 10.9. The average molecular weight is 472 g/mol. The molecule has 0 aliphatic heterocycles. The first-order valence-corrected chi connectivity index (χ1v) is 11.1. The highest BCUT2D eigenvalue weighted by molar-refractivity contribution is 7.16. The number of nitrogens with zero attached hydrogens (tertiary/aromatic N) is 1. The van der Waals surface area contributed by atoms with Crippen LogP contribution in [0.4, 0.5) is 9.59 Å². The second-order valence-corrected chi connectivity index (χ2v) is 8.24. The predicted octanol–water partition coefficient (Wildman–Crippen LogP) is 3.74. The molecule has 0 bridgehead atoms. The van der Waals surface area contributed by atoms with E-state index in [4.69, 9.17) is 9.47 Å². The number of thiazole rings is 1. The molecule has 1 aromatic heterocycles. The molecule has 174 valence electrons. The van der Waals surface area contributed by atoms with Gasteiger partial charge in [-0.1, -0.05) is 54.3 Å². The van der Waals surface area contributed by atoms with Crippen LogP contribution in [0.5, 0.6) is 5.75 Å². The third-order valence-corrected chi connectivity index (χ3v) is 5.63. The molecule has 0 atom stereocenters. The van der Waals surface area contributed by atoms with Gasteiger partial charge in [-0.2, -0.15) is 0 Å². The molecule has 10 heteroatoms. The Morgan fingerprint density at radius 3 is 2.67 bits per heavy atom. The Morgan fingerprint density at radius 1 is 1.18 bits per heavy atom. The Morgan fingerprint density at radius 2 is 1.94 bits per heavy atom. The molecule has 0 saturated carbocycles. The minimum Gasteiger partial charge on any atom is -0.506 e. The number of ether oxygens (including phenoxy) is 2. The van der Waals surface area contributed by atoms with Crippen LogP contribution in [0.1, 0.15) is 18.1 Å². The molecular formula is C23H25N3O6S. The quantitative estimate of drug-likeness (QED) is 0.409. The summed E-state index contributed by atoms with van der Waals surface area (Å²) in [5, 5.41) is 12.5. The van der Waals surface area contributed by atoms with Gasteiger partial charge in [0.25, 0.3) is 0 Å². The number of aromatic amines is 1. The minimum atomic E-state index is -0.655. The number of nitrogens with one attached hydrogen (secondary N) is 2. The van der Waals surface area contributed by atoms with Crippen LogP contribution in [-0.2, 0) is 22.5 Å². The third-order valence-electron chi connectivity index (χ3n) is 4.67. The Hall–Kier alpha value is -3.79. The minimum absolute atomic E-state index is 0.00792. The number of amides is 2. The highest BCUT2D eigenvalue weighted by Crippen LogP contribution is 2.28. The molecule has 0 unspecified atom stereocenters. The van der Waals surface area contributed by atoms with Gasteiger partial charge in [0.05, 0.1) is 10.5 Å². The second-order valence-electron chi connectivity index (χ2n) is 7.26. The number of fused-ring (bicyclic) bond motifs is 1. The van der Waals surface area contributed by atoms with Crippen LogP contribution < -0.4 is 10.2 Å². The number of aromatic nitrogens is 1. The average Bonchev–Trinajstić information content (AvgIpc) is 3.18. The molecule has 2 aromatic carbocycles. The SMILES string of the molecule is C=C(C)OC(=O)NCCN(CCc1ccc(O)c2[nH]c(=O)sc12)C(=O)OCc1ccccc1. The van der Waals surface area contributed by atoms with Gasteiger partial charge in [0.15, 0.2) is 0 Å². The Labute approximate surface area is 194 Å². The van der Waals surface area contributed by atoms with E-state index >= 15 is 0 Å². The largest absolute Gasteiger partial charge is 0.506 e. The number of carbonyl (C=O) groups is 2. The van der Waals surface area contributed by atoms with Gasteiger partial charge in [-0.05, 0) is 30.5 Å². The molecule has 0 aliphatic carbocycles. The Kier molecular flexibility index (Phi) is 8.09. The van der Waals surface area contributed by atoms with E-state index in [1.807, 2.05) is 30.3 Å². The lowest BCUT2D eigenvalue weighted by atomic mass is 10.1. The van der Waals surface area contributed by atoms with E-state index in [9.17, 15) is 19.5 Å². The van der Waals surface area contributed by atoms with Crippen molar-refractivity contribution >= 4 is 33.7 Å². The van der Waals surface area contributed by atoms with E-state index in [0.717, 1.165) is 22.5 Å². The lowest BCUT2D eigenvalue weighted by molar-refractivity contribution is 0.0963. The fourth-order valence-electron chi connectivity index (χ4n) is 3.12. The smallest absolute Gasteiger partial charge is 0.412 e. The van der Waals surface area contributed by atoms with Gasteiger partial charge >= 0.3 is 17.1 Å². The summed E-state index contributed by atoms with van der Waals surface area (Å²) in [4.78, 5) is 40.0. The van der Waals surface area contributed by atoms with Gasteiger partial charge in [0.2, 0.25) is 0 Å². The van der Waals surface area contributed by atoms with Crippen molar-refractivity contribution in [3.05, 3.63) is 75.6 Å². The number of hydrogen-bond donors (Lipinski definition) is 3. The van der Waals surface area contributed by atoms with E-state index in [-0.39, 0.29) is 42.6 Å². The number of benzene rings is 2. The number of phenols is 1. The van der Waals surface area contributed by atoms with Crippen molar-refractivity contribution in [3.8, 4) is 5.75 Å². The van der Waals surface area contributed by atoms with Crippen molar-refractivity contribution in [2.75, 3.05) is 19.6 Å². The van der Waals surface area contributed by atoms with Crippen molar-refractivity contribution in [2.24, 2.45) is 0 Å². The number of rotatable bonds is 9. The number of hydrogen-bond acceptors (Lipinski definition) is 7. The topological polar surface area (TPSA) is 121 Å². The molecule has 0 spiro atoms. The number of allylic oxidation sites excluding steroid dienone is 1. The summed E-state index contributed by atoms with van der Waals surface area (Å²) in [6.45, 7) is 5.78. The van der Waals surface area contributed by atoms with E-state index < -0.39 is 12.2 Å². The normalized spacial score (nSPS) is 10.6. The van der Waals surface area contributed by atoms with Crippen LogP contribution in [0.2, 0.25) is 0 Å². The number of alkyl carbamates (subject to hydrolysis) is 1. The fraction of sp³-hybridized carbons (Fsp3) is 0.261. The van der Waals surface area contributed by atoms with Gasteiger partial charge in [-0.15, -0.1) is 0 Å². The number of H-pyrrole nitrogens is 1. The van der Waals surface area contributed by atoms with Crippen LogP contribution in [0.15, 0.2) is 59.6 Å². The zero-order valence-electron chi connectivity index (χ0n) is 18.1. The molecule has 3 aromatic rings. The summed E-state index contributed by atoms with van der Waals surface area (Å²) in [6.07, 6.45) is -0.773. The molecular weight excluding hydrogens is 446 g/mol. The molecule has 0 fully saturated rings. The van der Waals surface area contributed by atoms with Crippen LogP contribution >= 0.6 is 11.3 Å². The maximum Gasteiger partial charge on any atom is 0.412 e. The van der Waals surface area contributed by atoms with E-state index in [1.54, 1.807) is 13.0 Å². The zero-order chi connectivity index (χ0) is 23.8. The molecule has 0 saturated heterocycles. The number of carbonyl (C=O) groups excluding carboxylic acids is 2. The first-order chi connectivity index (χ1) is 15.8. The lowest BCUT2D eigenvalue weighted by Crippen LogP contribution is -2.40. The summed E-state index contributed by atoms with van der Waals surface area (Å²) in [5.41, 5.74) is 2.04. The highest BCUT2D eigenvalue weighted by Gasteiger charge is 2.17. The second kappa shape index (κ2) is 11.2. The van der Waals surface area contributed by atoms with E-state index in [0.29, 0.717) is 16.6 Å². The summed E-state index contributed by atoms with van der Waals surface area (Å²) in [5.74, 6) is 0.250. The first-order valence-electron chi connectivity index (χ1n) is 10.2. The molecule has 1 heterocycles. The van der Waals surface area contributed by atoms with Crippen molar-refractivity contribution in [3.63, 3.8) is 0 Å². The third kappa shape index (κ3) is 6.84. The van der Waals surface area contributed by atoms with E-state index in [1.165, 1.54) is 11.0 Å². The van der Waals surface area contributed by atoms with Crippen molar-refractivity contribution in [1.82, 2.24) is 15.2 Å². The molecule has 2 amide bonds. The molecule has 0 aliphatic rings. The first kappa shape index (κ1) is 23.9. The van der Waals surface area contributed by atoms with Crippen LogP contribution in [0.25, 0.3) is 10.2 Å². The maximum atomic E-state index is 12.8. The van der Waals surface area contributed by atoms with E-state index in [2.05, 4.69) is 16.9 Å². The molecule has 33 heavy (non-hydrogen) atoms. The van der Waals surface area contributed by atoms with Crippen molar-refractivity contribution in [1.29, 1.82) is 0 Å². The summed E-state index contributed by atoms with van der Waals surface area (Å²) in [7, 11) is 0. The lowest BCUT2D eigenvalue weighted by Gasteiger charge is -2.22. The molecule has 3 rings (SSSR count). The van der Waals surface area contributed by atoms with Crippen molar-refractivity contribution in [2.45, 2.75) is 20.0 Å². The Bertz CT molecular complexity index is 1190. The van der Waals surface area contributed by atoms with Crippen LogP contribution in [0.3, 0.4) is 0 Å².